The minimum Gasteiger partial charge on any atom is -0.477 e. The normalized spacial score (nSPS) is 13.1. The molecular formula is C28H23F6N3O9. The fourth-order valence-electron chi connectivity index (χ4n) is 4.54. The lowest BCUT2D eigenvalue weighted by molar-refractivity contribution is -0.154. The minimum absolute atomic E-state index is 0.0479. The first kappa shape index (κ1) is 33.6. The van der Waals surface area contributed by atoms with Crippen molar-refractivity contribution in [2.24, 2.45) is 0 Å². The van der Waals surface area contributed by atoms with Crippen LogP contribution in [0, 0.1) is 34.9 Å². The van der Waals surface area contributed by atoms with E-state index in [9.17, 15) is 51.0 Å². The van der Waals surface area contributed by atoms with Gasteiger partial charge < -0.3 is 33.7 Å². The number of aromatic nitrogens is 1. The quantitative estimate of drug-likeness (QED) is 0.0902. The van der Waals surface area contributed by atoms with Gasteiger partial charge in [0.1, 0.15) is 11.4 Å². The SMILES string of the molecule is CCn1cc(C(=O)O)c(=O)c2cc(F)c(N3CCN(C(=O)OCOC(=O)CCC(=O)Oc4c(F)c(F)c(F)c(F)c4F)CC3)cc21. The number of anilines is 1. The van der Waals surface area contributed by atoms with E-state index in [4.69, 9.17) is 4.74 Å². The average molecular weight is 659 g/mol. The van der Waals surface area contributed by atoms with Gasteiger partial charge in [-0.15, -0.1) is 0 Å². The molecule has 1 aliphatic heterocycles. The van der Waals surface area contributed by atoms with E-state index in [1.165, 1.54) is 21.7 Å². The second kappa shape index (κ2) is 13.8. The van der Waals surface area contributed by atoms with Crippen LogP contribution in [0.4, 0.5) is 36.8 Å². The predicted molar refractivity (Wildman–Crippen MR) is 143 cm³/mol. The summed E-state index contributed by atoms with van der Waals surface area (Å²) in [6, 6.07) is 2.40. The number of carbonyl (C=O) groups is 4. The lowest BCUT2D eigenvalue weighted by Crippen LogP contribution is -2.49. The number of halogens is 6. The third-order valence-corrected chi connectivity index (χ3v) is 6.92. The lowest BCUT2D eigenvalue weighted by atomic mass is 10.1. The summed E-state index contributed by atoms with van der Waals surface area (Å²) in [5, 5.41) is 9.20. The van der Waals surface area contributed by atoms with Gasteiger partial charge in [-0.25, -0.2) is 27.2 Å². The molecule has 4 rings (SSSR count). The number of benzene rings is 2. The van der Waals surface area contributed by atoms with Crippen LogP contribution in [0.3, 0.4) is 0 Å². The molecule has 1 amide bonds. The van der Waals surface area contributed by atoms with Gasteiger partial charge in [0.25, 0.3) is 0 Å². The molecule has 12 nitrogen and oxygen atoms in total. The molecule has 18 heteroatoms. The largest absolute Gasteiger partial charge is 0.477 e. The maximum absolute atomic E-state index is 15.1. The smallest absolute Gasteiger partial charge is 0.412 e. The number of rotatable bonds is 9. The predicted octanol–water partition coefficient (Wildman–Crippen LogP) is 3.70. The number of esters is 2. The van der Waals surface area contributed by atoms with Crippen molar-refractivity contribution in [2.45, 2.75) is 26.3 Å². The first-order valence-electron chi connectivity index (χ1n) is 13.4. The number of carboxylic acid groups (broad SMARTS) is 1. The molecule has 0 saturated carbocycles. The number of carbonyl (C=O) groups excluding carboxylic acids is 3. The van der Waals surface area contributed by atoms with Crippen molar-refractivity contribution in [1.82, 2.24) is 9.47 Å². The van der Waals surface area contributed by atoms with E-state index in [-0.39, 0.29) is 37.3 Å². The van der Waals surface area contributed by atoms with Crippen molar-refractivity contribution in [3.05, 3.63) is 69.0 Å². The van der Waals surface area contributed by atoms with Crippen LogP contribution in [-0.2, 0) is 25.6 Å². The molecule has 1 saturated heterocycles. The molecule has 1 aliphatic rings. The molecule has 0 bridgehead atoms. The molecule has 3 aromatic rings. The van der Waals surface area contributed by atoms with E-state index in [0.29, 0.717) is 12.1 Å². The van der Waals surface area contributed by atoms with E-state index in [1.807, 2.05) is 0 Å². The molecule has 2 heterocycles. The summed E-state index contributed by atoms with van der Waals surface area (Å²) in [5.74, 6) is -18.5. The first-order chi connectivity index (χ1) is 21.7. The van der Waals surface area contributed by atoms with Crippen molar-refractivity contribution in [1.29, 1.82) is 0 Å². The van der Waals surface area contributed by atoms with Crippen LogP contribution in [0.1, 0.15) is 30.1 Å². The zero-order valence-electron chi connectivity index (χ0n) is 23.7. The molecule has 0 unspecified atom stereocenters. The Balaban J connectivity index is 1.26. The number of nitrogens with zero attached hydrogens (tertiary/aromatic N) is 3. The highest BCUT2D eigenvalue weighted by atomic mass is 19.2. The monoisotopic (exact) mass is 659 g/mol. The molecule has 246 valence electrons. The van der Waals surface area contributed by atoms with Gasteiger partial charge in [0.2, 0.25) is 47.1 Å². The molecule has 0 radical (unpaired) electrons. The van der Waals surface area contributed by atoms with E-state index in [1.54, 1.807) is 11.8 Å². The lowest BCUT2D eigenvalue weighted by Gasteiger charge is -2.35. The zero-order valence-corrected chi connectivity index (χ0v) is 23.7. The summed E-state index contributed by atoms with van der Waals surface area (Å²) in [6.07, 6.45) is -1.36. The molecular weight excluding hydrogens is 636 g/mol. The number of aromatic carboxylic acids is 1. The molecule has 0 spiro atoms. The van der Waals surface area contributed by atoms with E-state index in [2.05, 4.69) is 9.47 Å². The number of hydrogen-bond donors (Lipinski definition) is 1. The fraction of sp³-hybridized carbons (Fsp3) is 0.321. The van der Waals surface area contributed by atoms with Gasteiger partial charge in [-0.2, -0.15) is 8.78 Å². The highest BCUT2D eigenvalue weighted by Crippen LogP contribution is 2.30. The molecule has 1 N–H and O–H groups in total. The van der Waals surface area contributed by atoms with Crippen LogP contribution in [0.15, 0.2) is 23.1 Å². The van der Waals surface area contributed by atoms with Crippen molar-refractivity contribution >= 4 is 40.6 Å². The first-order valence-corrected chi connectivity index (χ1v) is 13.4. The Morgan fingerprint density at radius 3 is 2.00 bits per heavy atom. The number of pyridine rings is 1. The molecule has 2 aromatic carbocycles. The second-order valence-electron chi connectivity index (χ2n) is 9.68. The number of fused-ring (bicyclic) bond motifs is 1. The molecule has 1 fully saturated rings. The number of aryl methyl sites for hydroxylation is 1. The van der Waals surface area contributed by atoms with Crippen molar-refractivity contribution < 1.29 is 64.8 Å². The van der Waals surface area contributed by atoms with Crippen molar-refractivity contribution in [3.63, 3.8) is 0 Å². The average Bonchev–Trinajstić information content (AvgIpc) is 3.04. The van der Waals surface area contributed by atoms with Gasteiger partial charge in [0.05, 0.1) is 24.0 Å². The van der Waals surface area contributed by atoms with E-state index >= 15 is 4.39 Å². The maximum atomic E-state index is 15.1. The molecule has 1 aromatic heterocycles. The van der Waals surface area contributed by atoms with Gasteiger partial charge in [-0.1, -0.05) is 0 Å². The Morgan fingerprint density at radius 1 is 0.826 bits per heavy atom. The van der Waals surface area contributed by atoms with Gasteiger partial charge in [0, 0.05) is 44.3 Å². The topological polar surface area (TPSA) is 145 Å². The fourth-order valence-corrected chi connectivity index (χ4v) is 4.54. The molecule has 46 heavy (non-hydrogen) atoms. The van der Waals surface area contributed by atoms with E-state index < -0.39 is 95.3 Å². The zero-order chi connectivity index (χ0) is 33.9. The van der Waals surface area contributed by atoms with Crippen LogP contribution >= 0.6 is 0 Å². The Hall–Kier alpha value is -5.29. The van der Waals surface area contributed by atoms with Gasteiger partial charge in [0.15, 0.2) is 0 Å². The van der Waals surface area contributed by atoms with Crippen molar-refractivity contribution in [3.8, 4) is 5.75 Å². The third-order valence-electron chi connectivity index (χ3n) is 6.92. The summed E-state index contributed by atoms with van der Waals surface area (Å²) < 4.78 is 97.0. The van der Waals surface area contributed by atoms with Crippen LogP contribution in [0.5, 0.6) is 5.75 Å². The number of amides is 1. The summed E-state index contributed by atoms with van der Waals surface area (Å²) in [5.41, 5.74) is -0.871. The Bertz CT molecular complexity index is 1760. The highest BCUT2D eigenvalue weighted by molar-refractivity contribution is 5.93. The number of carboxylic acids is 1. The Labute approximate surface area is 254 Å². The maximum Gasteiger partial charge on any atom is 0.412 e. The number of piperazine rings is 1. The van der Waals surface area contributed by atoms with Gasteiger partial charge >= 0.3 is 24.0 Å². The van der Waals surface area contributed by atoms with Gasteiger partial charge in [-0.3, -0.25) is 14.4 Å². The molecule has 0 atom stereocenters. The van der Waals surface area contributed by atoms with Gasteiger partial charge in [-0.05, 0) is 19.1 Å². The highest BCUT2D eigenvalue weighted by Gasteiger charge is 2.29. The van der Waals surface area contributed by atoms with Crippen LogP contribution in [0.2, 0.25) is 0 Å². The van der Waals surface area contributed by atoms with Crippen LogP contribution < -0.4 is 15.1 Å². The number of hydrogen-bond acceptors (Lipinski definition) is 9. The second-order valence-corrected chi connectivity index (χ2v) is 9.68. The van der Waals surface area contributed by atoms with Crippen molar-refractivity contribution in [2.75, 3.05) is 37.9 Å². The summed E-state index contributed by atoms with van der Waals surface area (Å²) in [4.78, 5) is 62.8. The Kier molecular flexibility index (Phi) is 10.1. The Morgan fingerprint density at radius 2 is 1.41 bits per heavy atom. The summed E-state index contributed by atoms with van der Waals surface area (Å²) >= 11 is 0. The minimum atomic E-state index is -2.45. The standard InChI is InChI=1S/C28H23F6N3O9/c1-2-35-11-14(27(41)42)25(40)13-9-15(29)17(10-16(13)35)36-5-7-37(8-6-36)28(43)45-12-44-18(38)3-4-19(39)46-26-23(33)21(31)20(30)22(32)24(26)34/h9-11H,2-8,12H2,1H3,(H,41,42). The number of ether oxygens (including phenoxy) is 3. The summed E-state index contributed by atoms with van der Waals surface area (Å²) in [7, 11) is 0. The molecule has 0 aliphatic carbocycles. The van der Waals surface area contributed by atoms with Crippen LogP contribution in [-0.4, -0.2) is 71.5 Å². The third kappa shape index (κ3) is 6.84. The van der Waals surface area contributed by atoms with E-state index in [0.717, 1.165) is 6.07 Å². The summed E-state index contributed by atoms with van der Waals surface area (Å²) in [6.45, 7) is 1.49. The van der Waals surface area contributed by atoms with Crippen LogP contribution in [0.25, 0.3) is 10.9 Å².